The number of nitrogens with zero attached hydrogens (tertiary/aromatic N) is 4. The number of halogens is 6. The molecule has 3 N–H and O–H groups in total. The molecule has 0 unspecified atom stereocenters. The van der Waals surface area contributed by atoms with E-state index in [-0.39, 0.29) is 53.0 Å². The van der Waals surface area contributed by atoms with Gasteiger partial charge in [-0.2, -0.15) is 13.2 Å². The third-order valence-electron chi connectivity index (χ3n) is 7.12. The Morgan fingerprint density at radius 2 is 1.70 bits per heavy atom. The van der Waals surface area contributed by atoms with Crippen molar-refractivity contribution in [3.05, 3.63) is 88.7 Å². The van der Waals surface area contributed by atoms with Gasteiger partial charge in [-0.05, 0) is 42.8 Å². The molecule has 12 nitrogen and oxygen atoms in total. The zero-order chi connectivity index (χ0) is 36.8. The van der Waals surface area contributed by atoms with Crippen molar-refractivity contribution in [2.45, 2.75) is 24.0 Å². The predicted molar refractivity (Wildman–Crippen MR) is 174 cm³/mol. The Hall–Kier alpha value is -5.10. The van der Waals surface area contributed by atoms with E-state index >= 15 is 4.39 Å². The van der Waals surface area contributed by atoms with Crippen LogP contribution < -0.4 is 29.7 Å². The number of primary amides is 1. The Bertz CT molecular complexity index is 1950. The molecule has 268 valence electrons. The van der Waals surface area contributed by atoms with Gasteiger partial charge < -0.3 is 30.2 Å². The Balaban J connectivity index is 1.73. The van der Waals surface area contributed by atoms with Crippen LogP contribution in [-0.4, -0.2) is 58.9 Å². The quantitative estimate of drug-likeness (QED) is 0.108. The minimum atomic E-state index is -4.88. The second kappa shape index (κ2) is 15.6. The summed E-state index contributed by atoms with van der Waals surface area (Å²) in [6, 6.07) is 8.85. The third kappa shape index (κ3) is 8.92. The number of alkyl halides is 3. The normalized spacial score (nSPS) is 11.5. The van der Waals surface area contributed by atoms with E-state index in [4.69, 9.17) is 26.8 Å². The molecule has 1 aromatic heterocycles. The van der Waals surface area contributed by atoms with E-state index < -0.39 is 56.9 Å². The summed E-state index contributed by atoms with van der Waals surface area (Å²) in [6.45, 7) is -0.480. The van der Waals surface area contributed by atoms with Gasteiger partial charge in [-0.3, -0.25) is 0 Å². The van der Waals surface area contributed by atoms with Crippen LogP contribution in [0.25, 0.3) is 0 Å². The second-order valence-electron chi connectivity index (χ2n) is 10.5. The largest absolute Gasteiger partial charge is 0.497 e. The minimum Gasteiger partial charge on any atom is -0.497 e. The number of nitrogens with two attached hydrogens (primary N) is 1. The van der Waals surface area contributed by atoms with Crippen LogP contribution in [0, 0.1) is 11.6 Å². The molecule has 3 aromatic carbocycles. The number of amides is 1. The molecular formula is C31H30ClF5N6O6S. The highest BCUT2D eigenvalue weighted by Crippen LogP contribution is 2.39. The van der Waals surface area contributed by atoms with Crippen LogP contribution in [0.5, 0.6) is 11.5 Å². The predicted octanol–water partition coefficient (Wildman–Crippen LogP) is 6.50. The maximum Gasteiger partial charge on any atom is 0.416 e. The van der Waals surface area contributed by atoms with Crippen molar-refractivity contribution in [3.8, 4) is 11.5 Å². The topological polar surface area (TPSA) is 149 Å². The van der Waals surface area contributed by atoms with E-state index in [0.717, 1.165) is 42.7 Å². The molecule has 1 amide bonds. The lowest BCUT2D eigenvalue weighted by molar-refractivity contribution is -0.137. The van der Waals surface area contributed by atoms with Crippen LogP contribution in [0.3, 0.4) is 0 Å². The summed E-state index contributed by atoms with van der Waals surface area (Å²) in [5.74, 6) is -2.04. The molecule has 0 aliphatic heterocycles. The maximum absolute atomic E-state index is 15.8. The summed E-state index contributed by atoms with van der Waals surface area (Å²) in [4.78, 5) is 18.9. The molecule has 4 aromatic rings. The van der Waals surface area contributed by atoms with Gasteiger partial charge in [-0.15, -0.1) is 0 Å². The molecule has 1 heterocycles. The summed E-state index contributed by atoms with van der Waals surface area (Å²) < 4.78 is 114. The Morgan fingerprint density at radius 1 is 1.00 bits per heavy atom. The third-order valence-corrected chi connectivity index (χ3v) is 9.17. The molecule has 4 rings (SSSR count). The average molecular weight is 745 g/mol. The summed E-state index contributed by atoms with van der Waals surface area (Å²) >= 11 is 6.46. The first-order valence-corrected chi connectivity index (χ1v) is 16.2. The second-order valence-corrected chi connectivity index (χ2v) is 12.7. The summed E-state index contributed by atoms with van der Waals surface area (Å²) in [7, 11) is -0.636. The molecule has 0 fully saturated rings. The van der Waals surface area contributed by atoms with Gasteiger partial charge in [0.25, 0.3) is 10.0 Å². The zero-order valence-corrected chi connectivity index (χ0v) is 28.2. The van der Waals surface area contributed by atoms with Crippen molar-refractivity contribution >= 4 is 50.7 Å². The molecule has 0 spiro atoms. The fraction of sp³-hybridized carbons (Fsp3) is 0.258. The van der Waals surface area contributed by atoms with E-state index in [2.05, 4.69) is 20.0 Å². The highest BCUT2D eigenvalue weighted by molar-refractivity contribution is 7.92. The molecule has 0 aliphatic rings. The molecule has 0 aliphatic carbocycles. The van der Waals surface area contributed by atoms with Crippen LogP contribution in [-0.2, 0) is 27.5 Å². The number of carbonyl (C=O) groups excluding carboxylic acids is 1. The molecular weight excluding hydrogens is 715 g/mol. The van der Waals surface area contributed by atoms with Crippen LogP contribution in [0.2, 0.25) is 5.02 Å². The number of anilines is 4. The van der Waals surface area contributed by atoms with E-state index in [1.165, 1.54) is 44.4 Å². The van der Waals surface area contributed by atoms with Gasteiger partial charge in [0, 0.05) is 31.3 Å². The van der Waals surface area contributed by atoms with Gasteiger partial charge in [-0.25, -0.2) is 36.3 Å². The maximum atomic E-state index is 15.8. The number of ether oxygens (including phenoxy) is 3. The molecule has 0 saturated carbocycles. The van der Waals surface area contributed by atoms with Crippen LogP contribution >= 0.6 is 11.6 Å². The lowest BCUT2D eigenvalue weighted by atomic mass is 10.1. The van der Waals surface area contributed by atoms with Crippen molar-refractivity contribution in [2.75, 3.05) is 48.9 Å². The number of nitrogens with one attached hydrogen (secondary N) is 1. The van der Waals surface area contributed by atoms with E-state index in [1.807, 2.05) is 0 Å². The lowest BCUT2D eigenvalue weighted by Gasteiger charge is -2.25. The van der Waals surface area contributed by atoms with Crippen LogP contribution in [0.4, 0.5) is 49.8 Å². The summed E-state index contributed by atoms with van der Waals surface area (Å²) in [5.41, 5.74) is 4.14. The van der Waals surface area contributed by atoms with E-state index in [1.54, 1.807) is 0 Å². The van der Waals surface area contributed by atoms with Gasteiger partial charge in [0.05, 0.1) is 67.4 Å². The summed E-state index contributed by atoms with van der Waals surface area (Å²) in [5, 5.41) is 2.45. The van der Waals surface area contributed by atoms with Crippen LogP contribution in [0.15, 0.2) is 65.8 Å². The van der Waals surface area contributed by atoms with Gasteiger partial charge in [-0.1, -0.05) is 11.6 Å². The smallest absolute Gasteiger partial charge is 0.416 e. The number of carbonyl (C=O) groups is 1. The molecule has 0 radical (unpaired) electrons. The number of hydrogen-bond acceptors (Lipinski definition) is 10. The van der Waals surface area contributed by atoms with Gasteiger partial charge in [0.1, 0.15) is 22.2 Å². The number of benzene rings is 3. The summed E-state index contributed by atoms with van der Waals surface area (Å²) in [6.07, 6.45) is -4.04. The standard InChI is InChI=1S/C31H30ClF5N6O6S/c1-42(9-4-10-49-29(38)44)26-11-19(31(35,36)37)6-8-24(26)41-25-14-23(34)28(13-22(25)32)50(45,46)43(30-39-15-20(33)16-40-30)17-18-5-7-21(47-2)12-27(18)48-3/h5-8,11-16,41H,4,9-10,17H2,1-3H3,(H2,38,44). The fourth-order valence-electron chi connectivity index (χ4n) is 4.64. The fourth-order valence-corrected chi connectivity index (χ4v) is 6.35. The first kappa shape index (κ1) is 37.7. The van der Waals surface area contributed by atoms with Crippen molar-refractivity contribution in [2.24, 2.45) is 5.73 Å². The van der Waals surface area contributed by atoms with Crippen molar-refractivity contribution < 1.29 is 49.4 Å². The Kier molecular flexibility index (Phi) is 11.8. The van der Waals surface area contributed by atoms with Crippen molar-refractivity contribution in [1.82, 2.24) is 9.97 Å². The molecule has 0 bridgehead atoms. The van der Waals surface area contributed by atoms with Crippen LogP contribution in [0.1, 0.15) is 17.5 Å². The first-order chi connectivity index (χ1) is 23.5. The highest BCUT2D eigenvalue weighted by Gasteiger charge is 2.33. The van der Waals surface area contributed by atoms with Gasteiger partial charge in [0.15, 0.2) is 5.82 Å². The monoisotopic (exact) mass is 744 g/mol. The van der Waals surface area contributed by atoms with Gasteiger partial charge in [0.2, 0.25) is 5.95 Å². The van der Waals surface area contributed by atoms with Crippen molar-refractivity contribution in [1.29, 1.82) is 0 Å². The van der Waals surface area contributed by atoms with E-state index in [9.17, 15) is 30.8 Å². The number of rotatable bonds is 14. The number of sulfonamides is 1. The SMILES string of the molecule is COc1ccc(CN(c2ncc(F)cn2)S(=O)(=O)c2cc(Cl)c(Nc3ccc(C(F)(F)F)cc3N(C)CCCOC(N)=O)cc2F)c(OC)c1. The number of aromatic nitrogens is 2. The van der Waals surface area contributed by atoms with E-state index in [0.29, 0.717) is 10.1 Å². The Labute approximate surface area is 288 Å². The van der Waals surface area contributed by atoms with Gasteiger partial charge >= 0.3 is 12.3 Å². The molecule has 19 heteroatoms. The molecule has 0 saturated heterocycles. The number of methoxy groups -OCH3 is 2. The Morgan fingerprint density at radius 3 is 2.32 bits per heavy atom. The molecule has 0 atom stereocenters. The van der Waals surface area contributed by atoms with Crippen molar-refractivity contribution in [3.63, 3.8) is 0 Å². The lowest BCUT2D eigenvalue weighted by Crippen LogP contribution is -2.33. The first-order valence-electron chi connectivity index (χ1n) is 14.4. The zero-order valence-electron chi connectivity index (χ0n) is 26.6. The average Bonchev–Trinajstić information content (AvgIpc) is 3.06. The highest BCUT2D eigenvalue weighted by atomic mass is 35.5. The molecule has 50 heavy (non-hydrogen) atoms. The minimum absolute atomic E-state index is 0.0140. The number of hydrogen-bond donors (Lipinski definition) is 2.